The summed E-state index contributed by atoms with van der Waals surface area (Å²) in [6.45, 7) is 3.30. The van der Waals surface area contributed by atoms with Crippen molar-refractivity contribution >= 4 is 29.3 Å². The average Bonchev–Trinajstić information content (AvgIpc) is 2.86. The van der Waals surface area contributed by atoms with Crippen LogP contribution in [0.25, 0.3) is 0 Å². The number of halogens is 1. The number of aromatic nitrogens is 2. The van der Waals surface area contributed by atoms with E-state index in [0.29, 0.717) is 6.01 Å². The van der Waals surface area contributed by atoms with Crippen LogP contribution in [0.1, 0.15) is 0 Å². The molecule has 0 bridgehead atoms. The smallest absolute Gasteiger partial charge is 0.319 e. The molecular weight excluding hydrogens is 266 g/mol. The molecule has 0 amide bonds. The number of anilines is 3. The number of rotatable bonds is 2. The van der Waals surface area contributed by atoms with Gasteiger partial charge in [0.1, 0.15) is 0 Å². The maximum absolute atomic E-state index is 6.20. The van der Waals surface area contributed by atoms with Crippen molar-refractivity contribution in [3.63, 3.8) is 0 Å². The minimum absolute atomic E-state index is 0.100. The van der Waals surface area contributed by atoms with Gasteiger partial charge in [-0.25, -0.2) is 0 Å². The minimum Gasteiger partial charge on any atom is -0.390 e. The SMILES string of the molecule is Nc1nnc(N2CCN(c3ccccc3Cl)CC2)o1. The zero-order chi connectivity index (χ0) is 13.2. The molecule has 19 heavy (non-hydrogen) atoms. The van der Waals surface area contributed by atoms with E-state index in [1.54, 1.807) is 0 Å². The molecule has 2 heterocycles. The summed E-state index contributed by atoms with van der Waals surface area (Å²) in [7, 11) is 0. The summed E-state index contributed by atoms with van der Waals surface area (Å²) in [6, 6.07) is 8.44. The summed E-state index contributed by atoms with van der Waals surface area (Å²) in [5, 5.41) is 8.34. The third-order valence-corrected chi connectivity index (χ3v) is 3.49. The molecule has 2 aromatic rings. The lowest BCUT2D eigenvalue weighted by Crippen LogP contribution is -2.46. The Labute approximate surface area is 115 Å². The van der Waals surface area contributed by atoms with Crippen LogP contribution in [0.2, 0.25) is 5.02 Å². The lowest BCUT2D eigenvalue weighted by Gasteiger charge is -2.35. The molecule has 100 valence electrons. The maximum atomic E-state index is 6.20. The van der Waals surface area contributed by atoms with Gasteiger partial charge in [-0.15, -0.1) is 0 Å². The van der Waals surface area contributed by atoms with Crippen LogP contribution in [0, 0.1) is 0 Å². The predicted molar refractivity (Wildman–Crippen MR) is 74.6 cm³/mol. The summed E-state index contributed by atoms with van der Waals surface area (Å²) < 4.78 is 5.22. The molecule has 0 spiro atoms. The number of nitrogens with two attached hydrogens (primary N) is 1. The lowest BCUT2D eigenvalue weighted by molar-refractivity contribution is 0.527. The van der Waals surface area contributed by atoms with Crippen LogP contribution >= 0.6 is 11.6 Å². The van der Waals surface area contributed by atoms with Gasteiger partial charge in [-0.05, 0) is 12.1 Å². The van der Waals surface area contributed by atoms with Gasteiger partial charge in [0.05, 0.1) is 10.7 Å². The average molecular weight is 280 g/mol. The maximum Gasteiger partial charge on any atom is 0.319 e. The van der Waals surface area contributed by atoms with E-state index < -0.39 is 0 Å². The second-order valence-corrected chi connectivity index (χ2v) is 4.76. The highest BCUT2D eigenvalue weighted by atomic mass is 35.5. The van der Waals surface area contributed by atoms with E-state index in [4.69, 9.17) is 21.8 Å². The number of piperazine rings is 1. The van der Waals surface area contributed by atoms with Crippen molar-refractivity contribution in [2.75, 3.05) is 41.7 Å². The van der Waals surface area contributed by atoms with E-state index in [9.17, 15) is 0 Å². The molecule has 1 aromatic heterocycles. The molecule has 1 aromatic carbocycles. The molecular formula is C12H14ClN5O. The highest BCUT2D eigenvalue weighted by Gasteiger charge is 2.22. The van der Waals surface area contributed by atoms with Gasteiger partial charge in [-0.2, -0.15) is 0 Å². The number of hydrogen-bond acceptors (Lipinski definition) is 6. The van der Waals surface area contributed by atoms with Crippen LogP contribution in [-0.2, 0) is 0 Å². The molecule has 0 saturated carbocycles. The molecule has 0 unspecified atom stereocenters. The molecule has 1 aliphatic heterocycles. The van der Waals surface area contributed by atoms with Crippen molar-refractivity contribution in [1.29, 1.82) is 0 Å². The third-order valence-electron chi connectivity index (χ3n) is 3.17. The quantitative estimate of drug-likeness (QED) is 0.901. The monoisotopic (exact) mass is 279 g/mol. The van der Waals surface area contributed by atoms with Crippen LogP contribution in [0.3, 0.4) is 0 Å². The van der Waals surface area contributed by atoms with E-state index in [1.165, 1.54) is 0 Å². The van der Waals surface area contributed by atoms with Crippen molar-refractivity contribution in [2.45, 2.75) is 0 Å². The molecule has 0 aliphatic carbocycles. The zero-order valence-corrected chi connectivity index (χ0v) is 11.0. The van der Waals surface area contributed by atoms with Crippen molar-refractivity contribution < 1.29 is 4.42 Å². The molecule has 1 fully saturated rings. The Kier molecular flexibility index (Phi) is 3.16. The number of benzene rings is 1. The van der Waals surface area contributed by atoms with Crippen LogP contribution in [-0.4, -0.2) is 36.4 Å². The van der Waals surface area contributed by atoms with Gasteiger partial charge < -0.3 is 20.0 Å². The third kappa shape index (κ3) is 2.44. The Morgan fingerprint density at radius 2 is 1.74 bits per heavy atom. The molecule has 0 atom stereocenters. The fourth-order valence-electron chi connectivity index (χ4n) is 2.20. The standard InChI is InChI=1S/C12H14ClN5O/c13-9-3-1-2-4-10(9)17-5-7-18(8-6-17)12-16-15-11(14)19-12/h1-4H,5-8H2,(H2,14,15). The molecule has 1 aliphatic rings. The predicted octanol–water partition coefficient (Wildman–Crippen LogP) is 1.63. The second-order valence-electron chi connectivity index (χ2n) is 4.35. The topological polar surface area (TPSA) is 71.4 Å². The number of hydrogen-bond donors (Lipinski definition) is 1. The molecule has 3 rings (SSSR count). The highest BCUT2D eigenvalue weighted by Crippen LogP contribution is 2.26. The van der Waals surface area contributed by atoms with Crippen LogP contribution < -0.4 is 15.5 Å². The van der Waals surface area contributed by atoms with Crippen LogP contribution in [0.5, 0.6) is 0 Å². The fraction of sp³-hybridized carbons (Fsp3) is 0.333. The Bertz CT molecular complexity index is 565. The Morgan fingerprint density at radius 1 is 1.05 bits per heavy atom. The van der Waals surface area contributed by atoms with Crippen LogP contribution in [0.4, 0.5) is 17.7 Å². The van der Waals surface area contributed by atoms with Gasteiger partial charge in [-0.1, -0.05) is 33.9 Å². The van der Waals surface area contributed by atoms with Gasteiger partial charge >= 0.3 is 12.0 Å². The first-order valence-corrected chi connectivity index (χ1v) is 6.45. The molecule has 1 saturated heterocycles. The summed E-state index contributed by atoms with van der Waals surface area (Å²) in [4.78, 5) is 4.27. The van der Waals surface area contributed by atoms with E-state index in [-0.39, 0.29) is 6.01 Å². The fourth-order valence-corrected chi connectivity index (χ4v) is 2.46. The molecule has 2 N–H and O–H groups in total. The van der Waals surface area contributed by atoms with Crippen LogP contribution in [0.15, 0.2) is 28.7 Å². The van der Waals surface area contributed by atoms with Gasteiger partial charge in [0.15, 0.2) is 0 Å². The highest BCUT2D eigenvalue weighted by molar-refractivity contribution is 6.33. The lowest BCUT2D eigenvalue weighted by atomic mass is 10.2. The van der Waals surface area contributed by atoms with E-state index in [1.807, 2.05) is 29.2 Å². The van der Waals surface area contributed by atoms with Gasteiger partial charge in [-0.3, -0.25) is 0 Å². The minimum atomic E-state index is 0.100. The summed E-state index contributed by atoms with van der Waals surface area (Å²) in [5.74, 6) is 0. The van der Waals surface area contributed by atoms with Crippen molar-refractivity contribution in [3.05, 3.63) is 29.3 Å². The Morgan fingerprint density at radius 3 is 2.37 bits per heavy atom. The van der Waals surface area contributed by atoms with E-state index in [0.717, 1.165) is 36.9 Å². The number of nitrogens with zero attached hydrogens (tertiary/aromatic N) is 4. The first kappa shape index (κ1) is 12.1. The zero-order valence-electron chi connectivity index (χ0n) is 10.3. The molecule has 7 heteroatoms. The summed E-state index contributed by atoms with van der Waals surface area (Å²) in [5.41, 5.74) is 6.49. The Hall–Kier alpha value is -1.95. The summed E-state index contributed by atoms with van der Waals surface area (Å²) >= 11 is 6.20. The van der Waals surface area contributed by atoms with Gasteiger partial charge in [0, 0.05) is 26.2 Å². The largest absolute Gasteiger partial charge is 0.390 e. The molecule has 6 nitrogen and oxygen atoms in total. The van der Waals surface area contributed by atoms with E-state index >= 15 is 0 Å². The summed E-state index contributed by atoms with van der Waals surface area (Å²) in [6.07, 6.45) is 0. The normalized spacial score (nSPS) is 15.8. The first-order chi connectivity index (χ1) is 9.24. The van der Waals surface area contributed by atoms with Crippen molar-refractivity contribution in [3.8, 4) is 0 Å². The molecule has 0 radical (unpaired) electrons. The number of para-hydroxylation sites is 1. The van der Waals surface area contributed by atoms with Gasteiger partial charge in [0.2, 0.25) is 0 Å². The number of nitrogen functional groups attached to an aromatic ring is 1. The van der Waals surface area contributed by atoms with Crippen molar-refractivity contribution in [1.82, 2.24) is 10.2 Å². The van der Waals surface area contributed by atoms with Crippen molar-refractivity contribution in [2.24, 2.45) is 0 Å². The van der Waals surface area contributed by atoms with E-state index in [2.05, 4.69) is 15.1 Å². The second kappa shape index (κ2) is 4.97. The Balaban J connectivity index is 1.68. The first-order valence-electron chi connectivity index (χ1n) is 6.07. The van der Waals surface area contributed by atoms with Gasteiger partial charge in [0.25, 0.3) is 0 Å².